The molecule has 0 bridgehead atoms. The molecule has 2 aromatic carbocycles. The van der Waals surface area contributed by atoms with E-state index in [-0.39, 0.29) is 5.91 Å². The van der Waals surface area contributed by atoms with E-state index in [1.54, 1.807) is 42.4 Å². The summed E-state index contributed by atoms with van der Waals surface area (Å²) in [6.07, 6.45) is 1.61. The predicted molar refractivity (Wildman–Crippen MR) is 103 cm³/mol. The summed E-state index contributed by atoms with van der Waals surface area (Å²) in [5, 5.41) is 4.13. The molecule has 0 aliphatic carbocycles. The lowest BCUT2D eigenvalue weighted by Gasteiger charge is -2.17. The van der Waals surface area contributed by atoms with Gasteiger partial charge in [0.15, 0.2) is 0 Å². The lowest BCUT2D eigenvalue weighted by Crippen LogP contribution is -2.26. The van der Waals surface area contributed by atoms with Gasteiger partial charge in [-0.3, -0.25) is 4.79 Å². The molecule has 0 aliphatic heterocycles. The monoisotopic (exact) mass is 371 g/mol. The van der Waals surface area contributed by atoms with E-state index in [1.165, 1.54) is 0 Å². The van der Waals surface area contributed by atoms with Crippen LogP contribution in [0.2, 0.25) is 10.0 Å². The molecule has 0 saturated heterocycles. The first kappa shape index (κ1) is 17.3. The topological polar surface area (TPSA) is 45.2 Å². The van der Waals surface area contributed by atoms with Gasteiger partial charge in [-0.05, 0) is 42.5 Å². The fourth-order valence-corrected chi connectivity index (χ4v) is 2.57. The quantitative estimate of drug-likeness (QED) is 0.666. The molecule has 0 saturated carbocycles. The first-order valence-electron chi connectivity index (χ1n) is 7.56. The Morgan fingerprint density at radius 3 is 2.32 bits per heavy atom. The number of benzene rings is 2. The van der Waals surface area contributed by atoms with Crippen LogP contribution in [0.25, 0.3) is 0 Å². The van der Waals surface area contributed by atoms with Crippen molar-refractivity contribution in [2.24, 2.45) is 0 Å². The molecule has 0 fully saturated rings. The molecular weight excluding hydrogens is 357 g/mol. The minimum atomic E-state index is -0.174. The van der Waals surface area contributed by atoms with Gasteiger partial charge >= 0.3 is 0 Å². The Hall–Kier alpha value is -2.56. The third-order valence-electron chi connectivity index (χ3n) is 3.64. The number of hydrogen-bond acceptors (Lipinski definition) is 3. The van der Waals surface area contributed by atoms with E-state index in [4.69, 9.17) is 23.2 Å². The Labute approximate surface area is 156 Å². The predicted octanol–water partition coefficient (Wildman–Crippen LogP) is 5.41. The molecular formula is C19H15Cl2N3O. The maximum Gasteiger partial charge on any atom is 0.276 e. The van der Waals surface area contributed by atoms with Gasteiger partial charge in [-0.25, -0.2) is 4.98 Å². The minimum absolute atomic E-state index is 0.174. The molecule has 1 aromatic heterocycles. The van der Waals surface area contributed by atoms with Crippen LogP contribution in [0.4, 0.5) is 17.1 Å². The van der Waals surface area contributed by atoms with E-state index in [1.807, 2.05) is 36.4 Å². The minimum Gasteiger partial charge on any atom is -0.354 e. The SMILES string of the molecule is CN(C(=O)c1ccc(Nc2ccc(Cl)c(Cl)c2)cn1)c1ccccc1. The average Bonchev–Trinajstić information content (AvgIpc) is 2.65. The van der Waals surface area contributed by atoms with Crippen molar-refractivity contribution in [1.29, 1.82) is 0 Å². The highest BCUT2D eigenvalue weighted by Gasteiger charge is 2.14. The van der Waals surface area contributed by atoms with Gasteiger partial charge in [-0.2, -0.15) is 0 Å². The normalized spacial score (nSPS) is 10.4. The largest absolute Gasteiger partial charge is 0.354 e. The smallest absolute Gasteiger partial charge is 0.276 e. The molecule has 0 aliphatic rings. The lowest BCUT2D eigenvalue weighted by atomic mass is 10.2. The number of nitrogens with zero attached hydrogens (tertiary/aromatic N) is 2. The molecule has 0 spiro atoms. The zero-order valence-electron chi connectivity index (χ0n) is 13.4. The second-order valence-corrected chi connectivity index (χ2v) is 6.20. The molecule has 1 N–H and O–H groups in total. The molecule has 1 amide bonds. The van der Waals surface area contributed by atoms with Crippen molar-refractivity contribution in [1.82, 2.24) is 4.98 Å². The van der Waals surface area contributed by atoms with Crippen molar-refractivity contribution in [3.05, 3.63) is 82.6 Å². The molecule has 25 heavy (non-hydrogen) atoms. The summed E-state index contributed by atoms with van der Waals surface area (Å²) in [6, 6.07) is 18.2. The van der Waals surface area contributed by atoms with Crippen LogP contribution in [0.15, 0.2) is 66.9 Å². The van der Waals surface area contributed by atoms with E-state index >= 15 is 0 Å². The molecule has 3 aromatic rings. The Morgan fingerprint density at radius 2 is 1.68 bits per heavy atom. The average molecular weight is 372 g/mol. The standard InChI is InChI=1S/C19H15Cl2N3O/c1-24(15-5-3-2-4-6-15)19(25)18-10-8-14(12-22-18)23-13-7-9-16(20)17(21)11-13/h2-12,23H,1H3. The van der Waals surface area contributed by atoms with Crippen LogP contribution >= 0.6 is 23.2 Å². The van der Waals surface area contributed by atoms with Crippen LogP contribution in [0.5, 0.6) is 0 Å². The van der Waals surface area contributed by atoms with Crippen molar-refractivity contribution in [2.75, 3.05) is 17.3 Å². The summed E-state index contributed by atoms with van der Waals surface area (Å²) in [4.78, 5) is 18.3. The van der Waals surface area contributed by atoms with Gasteiger partial charge in [0.1, 0.15) is 5.69 Å². The second kappa shape index (κ2) is 7.55. The summed E-state index contributed by atoms with van der Waals surface area (Å²) in [7, 11) is 1.72. The van der Waals surface area contributed by atoms with Gasteiger partial charge in [0.25, 0.3) is 5.91 Å². The fourth-order valence-electron chi connectivity index (χ4n) is 2.28. The number of aromatic nitrogens is 1. The number of carbonyl (C=O) groups excluding carboxylic acids is 1. The van der Waals surface area contributed by atoms with Crippen molar-refractivity contribution in [3.8, 4) is 0 Å². The summed E-state index contributed by atoms with van der Waals surface area (Å²) in [5.41, 5.74) is 2.72. The van der Waals surface area contributed by atoms with Gasteiger partial charge in [0.2, 0.25) is 0 Å². The van der Waals surface area contributed by atoms with Crippen molar-refractivity contribution in [2.45, 2.75) is 0 Å². The van der Waals surface area contributed by atoms with Crippen LogP contribution in [-0.4, -0.2) is 17.9 Å². The molecule has 1 heterocycles. The second-order valence-electron chi connectivity index (χ2n) is 5.39. The molecule has 0 radical (unpaired) electrons. The highest BCUT2D eigenvalue weighted by Crippen LogP contribution is 2.27. The third kappa shape index (κ3) is 4.10. The summed E-state index contributed by atoms with van der Waals surface area (Å²) in [5.74, 6) is -0.174. The summed E-state index contributed by atoms with van der Waals surface area (Å²) in [6.45, 7) is 0. The van der Waals surface area contributed by atoms with Gasteiger partial charge in [0.05, 0.1) is 21.9 Å². The van der Waals surface area contributed by atoms with Crippen LogP contribution in [0.1, 0.15) is 10.5 Å². The highest BCUT2D eigenvalue weighted by atomic mass is 35.5. The van der Waals surface area contributed by atoms with E-state index in [9.17, 15) is 4.79 Å². The van der Waals surface area contributed by atoms with E-state index < -0.39 is 0 Å². The van der Waals surface area contributed by atoms with E-state index in [2.05, 4.69) is 10.3 Å². The molecule has 0 atom stereocenters. The Bertz CT molecular complexity index is 883. The molecule has 0 unspecified atom stereocenters. The number of nitrogens with one attached hydrogen (secondary N) is 1. The Balaban J connectivity index is 1.73. The highest BCUT2D eigenvalue weighted by molar-refractivity contribution is 6.42. The number of anilines is 3. The number of carbonyl (C=O) groups is 1. The van der Waals surface area contributed by atoms with Crippen LogP contribution in [0, 0.1) is 0 Å². The number of para-hydroxylation sites is 1. The van der Waals surface area contributed by atoms with Crippen LogP contribution in [-0.2, 0) is 0 Å². The summed E-state index contributed by atoms with van der Waals surface area (Å²) < 4.78 is 0. The van der Waals surface area contributed by atoms with Gasteiger partial charge in [-0.15, -0.1) is 0 Å². The Kier molecular flexibility index (Phi) is 5.22. The first-order valence-corrected chi connectivity index (χ1v) is 8.31. The number of amides is 1. The number of pyridine rings is 1. The van der Waals surface area contributed by atoms with E-state index in [0.717, 1.165) is 17.1 Å². The molecule has 6 heteroatoms. The summed E-state index contributed by atoms with van der Waals surface area (Å²) >= 11 is 11.9. The van der Waals surface area contributed by atoms with Gasteiger partial charge < -0.3 is 10.2 Å². The maximum absolute atomic E-state index is 12.5. The van der Waals surface area contributed by atoms with Crippen molar-refractivity contribution in [3.63, 3.8) is 0 Å². The third-order valence-corrected chi connectivity index (χ3v) is 4.38. The Morgan fingerprint density at radius 1 is 0.960 bits per heavy atom. The van der Waals surface area contributed by atoms with Gasteiger partial charge in [0, 0.05) is 18.4 Å². The number of hydrogen-bond donors (Lipinski definition) is 1. The molecule has 4 nitrogen and oxygen atoms in total. The zero-order chi connectivity index (χ0) is 17.8. The number of rotatable bonds is 4. The lowest BCUT2D eigenvalue weighted by molar-refractivity contribution is 0.0988. The van der Waals surface area contributed by atoms with Crippen molar-refractivity contribution < 1.29 is 4.79 Å². The maximum atomic E-state index is 12.5. The van der Waals surface area contributed by atoms with Crippen molar-refractivity contribution >= 4 is 46.2 Å². The number of halogens is 2. The van der Waals surface area contributed by atoms with Crippen LogP contribution in [0.3, 0.4) is 0 Å². The molecule has 126 valence electrons. The first-order chi connectivity index (χ1) is 12.0. The van der Waals surface area contributed by atoms with Gasteiger partial charge in [-0.1, -0.05) is 41.4 Å². The fraction of sp³-hybridized carbons (Fsp3) is 0.0526. The molecule has 3 rings (SSSR count). The zero-order valence-corrected chi connectivity index (χ0v) is 14.9. The van der Waals surface area contributed by atoms with Crippen LogP contribution < -0.4 is 10.2 Å². The van der Waals surface area contributed by atoms with E-state index in [0.29, 0.717) is 15.7 Å².